The summed E-state index contributed by atoms with van der Waals surface area (Å²) in [4.78, 5) is 38.1. The van der Waals surface area contributed by atoms with Gasteiger partial charge in [0.25, 0.3) is 0 Å². The van der Waals surface area contributed by atoms with Gasteiger partial charge in [-0.05, 0) is 57.8 Å². The summed E-state index contributed by atoms with van der Waals surface area (Å²) in [7, 11) is 0. The fourth-order valence-electron chi connectivity index (χ4n) is 8.33. The number of rotatable bonds is 52. The normalized spacial score (nSPS) is 12.2. The maximum atomic E-state index is 12.8. The van der Waals surface area contributed by atoms with Crippen molar-refractivity contribution in [2.75, 3.05) is 13.2 Å². The van der Waals surface area contributed by atoms with E-state index in [4.69, 9.17) is 14.2 Å². The lowest BCUT2D eigenvalue weighted by atomic mass is 10.0. The molecule has 0 unspecified atom stereocenters. The predicted octanol–water partition coefficient (Wildman–Crippen LogP) is 18.9. The van der Waals surface area contributed by atoms with Crippen molar-refractivity contribution in [2.24, 2.45) is 0 Å². The van der Waals surface area contributed by atoms with Crippen LogP contribution in [0.25, 0.3) is 0 Å². The van der Waals surface area contributed by atoms with Gasteiger partial charge < -0.3 is 14.2 Å². The molecular formula is C59H108O6. The largest absolute Gasteiger partial charge is 0.462 e. The molecule has 0 aromatic carbocycles. The second-order valence-electron chi connectivity index (χ2n) is 19.2. The molecule has 0 aromatic rings. The molecule has 0 heterocycles. The maximum absolute atomic E-state index is 12.8. The van der Waals surface area contributed by atoms with Crippen LogP contribution in [0.1, 0.15) is 303 Å². The number of carbonyl (C=O) groups is 3. The first kappa shape index (κ1) is 62.6. The third-order valence-corrected chi connectivity index (χ3v) is 12.6. The van der Waals surface area contributed by atoms with Crippen molar-refractivity contribution in [1.29, 1.82) is 0 Å². The SMILES string of the molecule is CCCCC/C=C\C/C=C\C/C=C\CCCCC(=O)OC[C@H](COC(=O)CCCCCCCCCCCCCCCCCC)OC(=O)CCCCCCCCCCCCCCCCCC. The monoisotopic (exact) mass is 913 g/mol. The molecular weight excluding hydrogens is 805 g/mol. The van der Waals surface area contributed by atoms with Crippen LogP contribution in [0, 0.1) is 0 Å². The molecule has 0 spiro atoms. The molecule has 0 radical (unpaired) electrons. The Hall–Kier alpha value is -2.37. The van der Waals surface area contributed by atoms with E-state index in [-0.39, 0.29) is 31.1 Å². The Labute approximate surface area is 404 Å². The van der Waals surface area contributed by atoms with Gasteiger partial charge in [-0.25, -0.2) is 0 Å². The Bertz CT molecular complexity index is 1090. The van der Waals surface area contributed by atoms with Crippen LogP contribution < -0.4 is 0 Å². The summed E-state index contributed by atoms with van der Waals surface area (Å²) >= 11 is 0. The van der Waals surface area contributed by atoms with E-state index in [1.54, 1.807) is 0 Å². The molecule has 0 aliphatic heterocycles. The number of hydrogen-bond acceptors (Lipinski definition) is 6. The van der Waals surface area contributed by atoms with Gasteiger partial charge in [-0.2, -0.15) is 0 Å². The zero-order valence-corrected chi connectivity index (χ0v) is 43.5. The van der Waals surface area contributed by atoms with E-state index < -0.39 is 6.10 Å². The van der Waals surface area contributed by atoms with E-state index in [0.29, 0.717) is 19.3 Å². The Morgan fingerprint density at radius 2 is 0.554 bits per heavy atom. The lowest BCUT2D eigenvalue weighted by Crippen LogP contribution is -2.30. The minimum absolute atomic E-state index is 0.0792. The zero-order valence-electron chi connectivity index (χ0n) is 43.5. The topological polar surface area (TPSA) is 78.9 Å². The van der Waals surface area contributed by atoms with E-state index in [1.165, 1.54) is 193 Å². The molecule has 65 heavy (non-hydrogen) atoms. The molecule has 0 saturated heterocycles. The van der Waals surface area contributed by atoms with Gasteiger partial charge in [0.15, 0.2) is 6.10 Å². The van der Waals surface area contributed by atoms with E-state index >= 15 is 0 Å². The van der Waals surface area contributed by atoms with Crippen LogP contribution in [0.5, 0.6) is 0 Å². The Balaban J connectivity index is 4.38. The highest BCUT2D eigenvalue weighted by Gasteiger charge is 2.19. The minimum Gasteiger partial charge on any atom is -0.462 e. The Kier molecular flexibility index (Phi) is 52.3. The molecule has 0 aromatic heterocycles. The molecule has 0 bridgehead atoms. The lowest BCUT2D eigenvalue weighted by Gasteiger charge is -2.18. The van der Waals surface area contributed by atoms with Gasteiger partial charge in [-0.15, -0.1) is 0 Å². The number of allylic oxidation sites excluding steroid dienone is 6. The molecule has 0 aliphatic carbocycles. The molecule has 380 valence electrons. The summed E-state index contributed by atoms with van der Waals surface area (Å²) in [6, 6.07) is 0. The van der Waals surface area contributed by atoms with Crippen molar-refractivity contribution in [3.05, 3.63) is 36.5 Å². The highest BCUT2D eigenvalue weighted by molar-refractivity contribution is 5.71. The zero-order chi connectivity index (χ0) is 47.2. The highest BCUT2D eigenvalue weighted by atomic mass is 16.6. The molecule has 0 fully saturated rings. The van der Waals surface area contributed by atoms with Gasteiger partial charge in [0.2, 0.25) is 0 Å². The van der Waals surface area contributed by atoms with Crippen LogP contribution in [0.2, 0.25) is 0 Å². The fraction of sp³-hybridized carbons (Fsp3) is 0.847. The van der Waals surface area contributed by atoms with E-state index in [9.17, 15) is 14.4 Å². The van der Waals surface area contributed by atoms with Crippen molar-refractivity contribution in [3.63, 3.8) is 0 Å². The van der Waals surface area contributed by atoms with Crippen molar-refractivity contribution >= 4 is 17.9 Å². The second-order valence-corrected chi connectivity index (χ2v) is 19.2. The lowest BCUT2D eigenvalue weighted by molar-refractivity contribution is -0.167. The molecule has 6 nitrogen and oxygen atoms in total. The van der Waals surface area contributed by atoms with Crippen LogP contribution in [-0.2, 0) is 28.6 Å². The number of unbranched alkanes of at least 4 members (excludes halogenated alkanes) is 35. The quantitative estimate of drug-likeness (QED) is 0.0262. The summed E-state index contributed by atoms with van der Waals surface area (Å²) in [5.74, 6) is -0.900. The third kappa shape index (κ3) is 52.5. The minimum atomic E-state index is -0.783. The van der Waals surface area contributed by atoms with Crippen LogP contribution >= 0.6 is 0 Å². The van der Waals surface area contributed by atoms with Gasteiger partial charge in [0, 0.05) is 19.3 Å². The highest BCUT2D eigenvalue weighted by Crippen LogP contribution is 2.17. The summed E-state index contributed by atoms with van der Waals surface area (Å²) in [6.07, 6.45) is 64.2. The van der Waals surface area contributed by atoms with Gasteiger partial charge >= 0.3 is 17.9 Å². The predicted molar refractivity (Wildman–Crippen MR) is 279 cm³/mol. The first-order chi connectivity index (χ1) is 32.0. The van der Waals surface area contributed by atoms with Gasteiger partial charge in [-0.3, -0.25) is 14.4 Å². The molecule has 0 aliphatic rings. The van der Waals surface area contributed by atoms with Gasteiger partial charge in [0.05, 0.1) is 0 Å². The number of hydrogen-bond donors (Lipinski definition) is 0. The van der Waals surface area contributed by atoms with E-state index in [1.807, 2.05) is 0 Å². The standard InChI is InChI=1S/C59H108O6/c1-4-7-10-13-16-19-22-25-28-31-34-37-40-43-46-49-52-58(61)64-55-56(54-63-57(60)51-48-45-42-39-36-33-30-27-24-21-18-15-12-9-6-3)65-59(62)53-50-47-44-41-38-35-32-29-26-23-20-17-14-11-8-5-2/h18,21,27,30,36,39,56H,4-17,19-20,22-26,28-29,31-35,37-38,40-55H2,1-3H3/b21-18-,30-27-,39-36-/t56-/m1/s1. The van der Waals surface area contributed by atoms with Gasteiger partial charge in [0.1, 0.15) is 13.2 Å². The summed E-state index contributed by atoms with van der Waals surface area (Å²) < 4.78 is 16.8. The van der Waals surface area contributed by atoms with Gasteiger partial charge in [-0.1, -0.05) is 263 Å². The summed E-state index contributed by atoms with van der Waals surface area (Å²) in [6.45, 7) is 6.62. The number of carbonyl (C=O) groups excluding carboxylic acids is 3. The van der Waals surface area contributed by atoms with E-state index in [0.717, 1.165) is 70.6 Å². The molecule has 0 amide bonds. The van der Waals surface area contributed by atoms with Crippen LogP contribution in [-0.4, -0.2) is 37.2 Å². The fourth-order valence-corrected chi connectivity index (χ4v) is 8.33. The van der Waals surface area contributed by atoms with E-state index in [2.05, 4.69) is 57.2 Å². The van der Waals surface area contributed by atoms with Crippen LogP contribution in [0.3, 0.4) is 0 Å². The smallest absolute Gasteiger partial charge is 0.306 e. The second kappa shape index (κ2) is 54.2. The third-order valence-electron chi connectivity index (χ3n) is 12.6. The van der Waals surface area contributed by atoms with Crippen LogP contribution in [0.4, 0.5) is 0 Å². The average Bonchev–Trinajstić information content (AvgIpc) is 3.30. The first-order valence-corrected chi connectivity index (χ1v) is 28.5. The number of esters is 3. The first-order valence-electron chi connectivity index (χ1n) is 28.5. The van der Waals surface area contributed by atoms with Crippen molar-refractivity contribution in [3.8, 4) is 0 Å². The maximum Gasteiger partial charge on any atom is 0.306 e. The summed E-state index contributed by atoms with van der Waals surface area (Å²) in [5, 5.41) is 0. The van der Waals surface area contributed by atoms with Crippen molar-refractivity contribution in [2.45, 2.75) is 309 Å². The van der Waals surface area contributed by atoms with Crippen LogP contribution in [0.15, 0.2) is 36.5 Å². The molecule has 1 atom stereocenters. The van der Waals surface area contributed by atoms with Crippen molar-refractivity contribution < 1.29 is 28.6 Å². The Morgan fingerprint density at radius 3 is 0.892 bits per heavy atom. The molecule has 0 N–H and O–H groups in total. The summed E-state index contributed by atoms with van der Waals surface area (Å²) in [5.41, 5.74) is 0. The molecule has 6 heteroatoms. The molecule has 0 rings (SSSR count). The average molecular weight is 914 g/mol. The Morgan fingerprint density at radius 1 is 0.308 bits per heavy atom. The molecule has 0 saturated carbocycles. The van der Waals surface area contributed by atoms with Crippen molar-refractivity contribution in [1.82, 2.24) is 0 Å². The number of ether oxygens (including phenoxy) is 3.